The van der Waals surface area contributed by atoms with Crippen molar-refractivity contribution in [1.82, 2.24) is 5.32 Å². The minimum atomic E-state index is -1.03. The van der Waals surface area contributed by atoms with Crippen molar-refractivity contribution in [3.05, 3.63) is 23.2 Å². The van der Waals surface area contributed by atoms with Gasteiger partial charge in [0.05, 0.1) is 6.54 Å². The number of nitrogens with one attached hydrogen (secondary N) is 1. The lowest BCUT2D eigenvalue weighted by Crippen LogP contribution is -2.34. The molecule has 17 heavy (non-hydrogen) atoms. The number of amides is 1. The third-order valence-electron chi connectivity index (χ3n) is 2.30. The molecular formula is C12H17NO4. The first-order valence-corrected chi connectivity index (χ1v) is 5.32. The Morgan fingerprint density at radius 2 is 2.00 bits per heavy atom. The molecule has 1 aromatic heterocycles. The van der Waals surface area contributed by atoms with Crippen LogP contribution in [0.25, 0.3) is 0 Å². The van der Waals surface area contributed by atoms with Crippen molar-refractivity contribution in [2.24, 2.45) is 5.41 Å². The number of aromatic carboxylic acids is 1. The number of hydrogen-bond acceptors (Lipinski definition) is 3. The highest BCUT2D eigenvalue weighted by Gasteiger charge is 2.21. The van der Waals surface area contributed by atoms with Gasteiger partial charge in [-0.3, -0.25) is 4.79 Å². The van der Waals surface area contributed by atoms with E-state index in [4.69, 9.17) is 9.52 Å². The highest BCUT2D eigenvalue weighted by Crippen LogP contribution is 2.16. The predicted molar refractivity (Wildman–Crippen MR) is 61.7 cm³/mol. The van der Waals surface area contributed by atoms with Crippen LogP contribution in [-0.2, 0) is 11.3 Å². The molecule has 0 aromatic carbocycles. The summed E-state index contributed by atoms with van der Waals surface area (Å²) in [7, 11) is 0. The van der Waals surface area contributed by atoms with Crippen LogP contribution in [0.2, 0.25) is 0 Å². The molecule has 5 heteroatoms. The van der Waals surface area contributed by atoms with Gasteiger partial charge < -0.3 is 14.8 Å². The summed E-state index contributed by atoms with van der Waals surface area (Å²) in [5.41, 5.74) is -0.345. The molecule has 5 nitrogen and oxygen atoms in total. The van der Waals surface area contributed by atoms with Crippen molar-refractivity contribution < 1.29 is 19.1 Å². The second kappa shape index (κ2) is 4.61. The van der Waals surface area contributed by atoms with Crippen LogP contribution in [0.15, 0.2) is 10.5 Å². The number of carbonyl (C=O) groups is 2. The Labute approximate surface area is 99.8 Å². The zero-order chi connectivity index (χ0) is 13.2. The van der Waals surface area contributed by atoms with E-state index in [0.717, 1.165) is 0 Å². The predicted octanol–water partition coefficient (Wildman–Crippen LogP) is 1.95. The smallest absolute Gasteiger partial charge is 0.339 e. The average molecular weight is 239 g/mol. The van der Waals surface area contributed by atoms with Crippen molar-refractivity contribution in [3.8, 4) is 0 Å². The molecule has 0 aliphatic carbocycles. The molecule has 0 saturated carbocycles. The summed E-state index contributed by atoms with van der Waals surface area (Å²) in [6, 6.07) is 1.43. The van der Waals surface area contributed by atoms with Crippen LogP contribution in [0.1, 0.15) is 42.6 Å². The molecule has 0 bridgehead atoms. The van der Waals surface area contributed by atoms with Gasteiger partial charge in [-0.1, -0.05) is 20.8 Å². The maximum atomic E-state index is 11.6. The Hall–Kier alpha value is -1.78. The lowest BCUT2D eigenvalue weighted by Gasteiger charge is -2.16. The van der Waals surface area contributed by atoms with E-state index in [1.807, 2.05) is 0 Å². The molecule has 1 rings (SSSR count). The van der Waals surface area contributed by atoms with Gasteiger partial charge in [0.15, 0.2) is 0 Å². The number of carboxylic acid groups (broad SMARTS) is 1. The number of rotatable bonds is 3. The quantitative estimate of drug-likeness (QED) is 0.844. The third-order valence-corrected chi connectivity index (χ3v) is 2.30. The average Bonchev–Trinajstić information content (AvgIpc) is 2.54. The summed E-state index contributed by atoms with van der Waals surface area (Å²) in [6.45, 7) is 7.19. The van der Waals surface area contributed by atoms with Crippen molar-refractivity contribution in [2.75, 3.05) is 0 Å². The van der Waals surface area contributed by atoms with E-state index in [2.05, 4.69) is 5.32 Å². The largest absolute Gasteiger partial charge is 0.478 e. The van der Waals surface area contributed by atoms with E-state index >= 15 is 0 Å². The van der Waals surface area contributed by atoms with Crippen LogP contribution < -0.4 is 5.32 Å². The first-order chi connectivity index (χ1) is 7.71. The topological polar surface area (TPSA) is 79.5 Å². The Bertz CT molecular complexity index is 440. The molecule has 0 fully saturated rings. The van der Waals surface area contributed by atoms with Gasteiger partial charge in [0.1, 0.15) is 17.1 Å². The number of aryl methyl sites for hydroxylation is 1. The molecule has 0 spiro atoms. The summed E-state index contributed by atoms with van der Waals surface area (Å²) < 4.78 is 5.24. The summed E-state index contributed by atoms with van der Waals surface area (Å²) in [5, 5.41) is 11.5. The molecule has 0 aliphatic heterocycles. The molecule has 0 atom stereocenters. The van der Waals surface area contributed by atoms with E-state index in [1.165, 1.54) is 6.07 Å². The second-order valence-electron chi connectivity index (χ2n) is 4.92. The van der Waals surface area contributed by atoms with Crippen LogP contribution in [0.5, 0.6) is 0 Å². The number of carboxylic acids is 1. The van der Waals surface area contributed by atoms with E-state index in [-0.39, 0.29) is 18.0 Å². The van der Waals surface area contributed by atoms with Crippen LogP contribution >= 0.6 is 0 Å². The third kappa shape index (κ3) is 3.34. The Kier molecular flexibility index (Phi) is 3.60. The summed E-state index contributed by atoms with van der Waals surface area (Å²) in [6.07, 6.45) is 0. The molecule has 0 saturated heterocycles. The van der Waals surface area contributed by atoms with Crippen LogP contribution in [0, 0.1) is 12.3 Å². The fourth-order valence-corrected chi connectivity index (χ4v) is 1.28. The van der Waals surface area contributed by atoms with Gasteiger partial charge in [0.25, 0.3) is 0 Å². The maximum Gasteiger partial charge on any atom is 0.339 e. The molecule has 0 unspecified atom stereocenters. The van der Waals surface area contributed by atoms with Crippen molar-refractivity contribution >= 4 is 11.9 Å². The molecule has 1 heterocycles. The van der Waals surface area contributed by atoms with Crippen molar-refractivity contribution in [3.63, 3.8) is 0 Å². The lowest BCUT2D eigenvalue weighted by molar-refractivity contribution is -0.128. The highest BCUT2D eigenvalue weighted by atomic mass is 16.4. The monoisotopic (exact) mass is 239 g/mol. The number of hydrogen-bond donors (Lipinski definition) is 2. The zero-order valence-corrected chi connectivity index (χ0v) is 10.5. The Balaban J connectivity index is 2.68. The minimum absolute atomic E-state index is 0.108. The van der Waals surface area contributed by atoms with Gasteiger partial charge in [-0.15, -0.1) is 0 Å². The Morgan fingerprint density at radius 3 is 2.41 bits per heavy atom. The maximum absolute atomic E-state index is 11.6. The van der Waals surface area contributed by atoms with E-state index in [0.29, 0.717) is 11.5 Å². The standard InChI is InChI=1S/C12H17NO4/c1-7-9(10(14)15)5-8(17-7)6-13-11(16)12(2,3)4/h5H,6H2,1-4H3,(H,13,16)(H,14,15). The highest BCUT2D eigenvalue weighted by molar-refractivity contribution is 5.88. The van der Waals surface area contributed by atoms with Gasteiger partial charge in [0.2, 0.25) is 5.91 Å². The van der Waals surface area contributed by atoms with E-state index < -0.39 is 11.4 Å². The first kappa shape index (κ1) is 13.3. The SMILES string of the molecule is Cc1oc(CNC(=O)C(C)(C)C)cc1C(=O)O. The Morgan fingerprint density at radius 1 is 1.41 bits per heavy atom. The van der Waals surface area contributed by atoms with E-state index in [9.17, 15) is 9.59 Å². The fraction of sp³-hybridized carbons (Fsp3) is 0.500. The summed E-state index contributed by atoms with van der Waals surface area (Å²) in [4.78, 5) is 22.4. The molecule has 0 radical (unpaired) electrons. The number of furan rings is 1. The van der Waals surface area contributed by atoms with Crippen molar-refractivity contribution in [2.45, 2.75) is 34.2 Å². The minimum Gasteiger partial charge on any atom is -0.478 e. The molecule has 2 N–H and O–H groups in total. The van der Waals surface area contributed by atoms with Gasteiger partial charge in [-0.25, -0.2) is 4.79 Å². The van der Waals surface area contributed by atoms with E-state index in [1.54, 1.807) is 27.7 Å². The van der Waals surface area contributed by atoms with Crippen LogP contribution in [0.3, 0.4) is 0 Å². The molecular weight excluding hydrogens is 222 g/mol. The molecule has 94 valence electrons. The van der Waals surface area contributed by atoms with Crippen LogP contribution in [-0.4, -0.2) is 17.0 Å². The van der Waals surface area contributed by atoms with Gasteiger partial charge in [0, 0.05) is 5.41 Å². The number of carbonyl (C=O) groups excluding carboxylic acids is 1. The first-order valence-electron chi connectivity index (χ1n) is 5.32. The lowest BCUT2D eigenvalue weighted by atomic mass is 9.96. The normalized spacial score (nSPS) is 11.3. The second-order valence-corrected chi connectivity index (χ2v) is 4.92. The van der Waals surface area contributed by atoms with Gasteiger partial charge in [-0.05, 0) is 13.0 Å². The molecule has 1 amide bonds. The summed E-state index contributed by atoms with van der Waals surface area (Å²) in [5.74, 6) is -0.349. The van der Waals surface area contributed by atoms with Gasteiger partial charge >= 0.3 is 5.97 Å². The van der Waals surface area contributed by atoms with Gasteiger partial charge in [-0.2, -0.15) is 0 Å². The fourth-order valence-electron chi connectivity index (χ4n) is 1.28. The zero-order valence-electron chi connectivity index (χ0n) is 10.5. The molecule has 0 aliphatic rings. The molecule has 1 aromatic rings. The van der Waals surface area contributed by atoms with Crippen molar-refractivity contribution in [1.29, 1.82) is 0 Å². The summed E-state index contributed by atoms with van der Waals surface area (Å²) >= 11 is 0. The van der Waals surface area contributed by atoms with Crippen LogP contribution in [0.4, 0.5) is 0 Å².